The summed E-state index contributed by atoms with van der Waals surface area (Å²) in [5, 5.41) is 27.4. The van der Waals surface area contributed by atoms with Gasteiger partial charge in [0.05, 0.1) is 17.9 Å². The van der Waals surface area contributed by atoms with Crippen molar-refractivity contribution in [2.75, 3.05) is 0 Å². The van der Waals surface area contributed by atoms with Gasteiger partial charge in [0, 0.05) is 58.7 Å². The number of aromatic hydroxyl groups is 1. The number of nitrogens with zero attached hydrogens (tertiary/aromatic N) is 4. The Bertz CT molecular complexity index is 1020. The summed E-state index contributed by atoms with van der Waals surface area (Å²) in [6.07, 6.45) is 4.20. The number of aromatic amines is 1. The molecule has 2 aromatic heterocycles. The SMILES string of the molecule is Oc1cc(-c2cn[nH]c2)ccc1-c1ccc(O[C@H]2CC3CCC([C@@H]2F)N3NI)nn1. The van der Waals surface area contributed by atoms with Gasteiger partial charge in [-0.15, -0.1) is 10.2 Å². The molecular weight excluding hydrogens is 502 g/mol. The maximum Gasteiger partial charge on any atom is 0.233 e. The number of phenolic OH excluding ortho intramolecular Hbond substituents is 1. The molecule has 30 heavy (non-hydrogen) atoms. The van der Waals surface area contributed by atoms with Crippen LogP contribution in [0, 0.1) is 0 Å². The smallest absolute Gasteiger partial charge is 0.233 e. The van der Waals surface area contributed by atoms with Gasteiger partial charge in [-0.2, -0.15) is 8.74 Å². The number of nitrogens with one attached hydrogen (secondary N) is 2. The number of fused-ring (bicyclic) bond motifs is 2. The molecule has 3 N–H and O–H groups in total. The highest BCUT2D eigenvalue weighted by atomic mass is 127. The van der Waals surface area contributed by atoms with E-state index in [0.717, 1.165) is 24.0 Å². The molecule has 10 heteroatoms. The van der Waals surface area contributed by atoms with Gasteiger partial charge in [0.25, 0.3) is 0 Å². The predicted octanol–water partition coefficient (Wildman–Crippen LogP) is 3.42. The zero-order valence-corrected chi connectivity index (χ0v) is 18.0. The third-order valence-electron chi connectivity index (χ3n) is 5.89. The lowest BCUT2D eigenvalue weighted by atomic mass is 9.99. The Hall–Kier alpha value is -2.31. The molecule has 2 unspecified atom stereocenters. The number of benzene rings is 1. The Morgan fingerprint density at radius 3 is 2.80 bits per heavy atom. The summed E-state index contributed by atoms with van der Waals surface area (Å²) >= 11 is 2.06. The van der Waals surface area contributed by atoms with Crippen molar-refractivity contribution in [3.63, 3.8) is 0 Å². The molecule has 2 aliphatic heterocycles. The van der Waals surface area contributed by atoms with Gasteiger partial charge in [0.15, 0.2) is 6.17 Å². The molecule has 2 aliphatic rings. The van der Waals surface area contributed by atoms with Crippen molar-refractivity contribution in [1.82, 2.24) is 29.0 Å². The maximum absolute atomic E-state index is 14.9. The number of alkyl halides is 1. The minimum absolute atomic E-state index is 0.0933. The topological polar surface area (TPSA) is 99.2 Å². The van der Waals surface area contributed by atoms with Gasteiger partial charge >= 0.3 is 0 Å². The van der Waals surface area contributed by atoms with Gasteiger partial charge in [-0.05, 0) is 36.6 Å². The minimum Gasteiger partial charge on any atom is -0.507 e. The molecule has 0 radical (unpaired) electrons. The fourth-order valence-corrected chi connectivity index (χ4v) is 5.12. The van der Waals surface area contributed by atoms with E-state index in [2.05, 4.69) is 46.9 Å². The van der Waals surface area contributed by atoms with E-state index in [1.165, 1.54) is 0 Å². The average Bonchev–Trinajstić information content (AvgIpc) is 3.40. The van der Waals surface area contributed by atoms with Gasteiger partial charge in [0.2, 0.25) is 5.88 Å². The van der Waals surface area contributed by atoms with Gasteiger partial charge in [0.1, 0.15) is 11.9 Å². The van der Waals surface area contributed by atoms with Crippen LogP contribution in [0.5, 0.6) is 11.6 Å². The van der Waals surface area contributed by atoms with E-state index in [1.807, 2.05) is 11.1 Å². The van der Waals surface area contributed by atoms with Gasteiger partial charge in [-0.25, -0.2) is 9.40 Å². The highest BCUT2D eigenvalue weighted by molar-refractivity contribution is 14.1. The van der Waals surface area contributed by atoms with E-state index >= 15 is 0 Å². The number of halogens is 2. The van der Waals surface area contributed by atoms with Crippen molar-refractivity contribution in [1.29, 1.82) is 0 Å². The Kier molecular flexibility index (Phi) is 5.29. The molecule has 0 amide bonds. The standard InChI is InChI=1S/C20H20FIN6O2/c21-20-16-5-2-13(28(16)27-22)8-18(20)30-19-6-4-15(25-26-19)14-3-1-11(7-17(14)29)12-9-23-24-10-12/h1,3-4,6-7,9-10,13,16,18,20,27,29H,2,5,8H2,(H,23,24)/t13?,16?,18-,20-/m0/s1. The van der Waals surface area contributed by atoms with Crippen LogP contribution in [-0.4, -0.2) is 54.9 Å². The second-order valence-electron chi connectivity index (χ2n) is 7.60. The van der Waals surface area contributed by atoms with Crippen LogP contribution in [0.4, 0.5) is 4.39 Å². The van der Waals surface area contributed by atoms with Crippen molar-refractivity contribution >= 4 is 22.9 Å². The Balaban J connectivity index is 1.31. The zero-order valence-electron chi connectivity index (χ0n) is 15.9. The number of aromatic nitrogens is 4. The molecule has 4 atom stereocenters. The van der Waals surface area contributed by atoms with Crippen LogP contribution in [-0.2, 0) is 0 Å². The second-order valence-corrected chi connectivity index (χ2v) is 8.08. The number of rotatable bonds is 5. The molecule has 2 saturated heterocycles. The number of piperidine rings is 1. The monoisotopic (exact) mass is 522 g/mol. The molecule has 0 saturated carbocycles. The zero-order chi connectivity index (χ0) is 20.7. The summed E-state index contributed by atoms with van der Waals surface area (Å²) in [4.78, 5) is 0. The van der Waals surface area contributed by atoms with E-state index in [9.17, 15) is 9.50 Å². The first-order valence-electron chi connectivity index (χ1n) is 9.75. The summed E-state index contributed by atoms with van der Waals surface area (Å²) in [7, 11) is 0. The van der Waals surface area contributed by atoms with Crippen LogP contribution in [0.15, 0.2) is 42.7 Å². The first kappa shape index (κ1) is 19.6. The first-order valence-corrected chi connectivity index (χ1v) is 10.8. The lowest BCUT2D eigenvalue weighted by molar-refractivity contribution is -0.0305. The van der Waals surface area contributed by atoms with Crippen molar-refractivity contribution in [3.8, 4) is 34.0 Å². The summed E-state index contributed by atoms with van der Waals surface area (Å²) in [6.45, 7) is 0. The lowest BCUT2D eigenvalue weighted by Crippen LogP contribution is -2.56. The Labute approximate surface area is 186 Å². The van der Waals surface area contributed by atoms with Crippen molar-refractivity contribution in [2.45, 2.75) is 43.6 Å². The van der Waals surface area contributed by atoms with Crippen LogP contribution < -0.4 is 8.38 Å². The molecule has 3 aromatic rings. The lowest BCUT2D eigenvalue weighted by Gasteiger charge is -2.39. The summed E-state index contributed by atoms with van der Waals surface area (Å²) in [6, 6.07) is 8.80. The number of hydrogen-bond acceptors (Lipinski definition) is 7. The molecule has 0 spiro atoms. The number of hydrazine groups is 1. The highest BCUT2D eigenvalue weighted by Crippen LogP contribution is 2.38. The summed E-state index contributed by atoms with van der Waals surface area (Å²) in [5.41, 5.74) is 2.79. The number of phenols is 1. The third kappa shape index (κ3) is 3.52. The Morgan fingerprint density at radius 2 is 2.10 bits per heavy atom. The average molecular weight is 522 g/mol. The van der Waals surface area contributed by atoms with Crippen LogP contribution >= 0.6 is 22.9 Å². The summed E-state index contributed by atoms with van der Waals surface area (Å²) < 4.78 is 23.8. The van der Waals surface area contributed by atoms with Crippen LogP contribution in [0.2, 0.25) is 0 Å². The van der Waals surface area contributed by atoms with Crippen LogP contribution in [0.1, 0.15) is 19.3 Å². The number of H-pyrrole nitrogens is 1. The third-order valence-corrected chi connectivity index (χ3v) is 6.45. The second kappa shape index (κ2) is 8.08. The fraction of sp³-hybridized carbons (Fsp3) is 0.350. The van der Waals surface area contributed by atoms with E-state index in [1.54, 1.807) is 36.7 Å². The molecular formula is C20H20FIN6O2. The molecule has 1 aromatic carbocycles. The largest absolute Gasteiger partial charge is 0.507 e. The molecule has 156 valence electrons. The number of hydrogen-bond donors (Lipinski definition) is 3. The van der Waals surface area contributed by atoms with Crippen molar-refractivity contribution in [3.05, 3.63) is 42.7 Å². The Morgan fingerprint density at radius 1 is 1.20 bits per heavy atom. The van der Waals surface area contributed by atoms with Crippen molar-refractivity contribution in [2.24, 2.45) is 0 Å². The summed E-state index contributed by atoms with van der Waals surface area (Å²) in [5.74, 6) is 0.381. The number of ether oxygens (including phenoxy) is 1. The van der Waals surface area contributed by atoms with Crippen LogP contribution in [0.3, 0.4) is 0 Å². The van der Waals surface area contributed by atoms with E-state index in [4.69, 9.17) is 4.74 Å². The molecule has 0 aliphatic carbocycles. The molecule has 4 heterocycles. The quantitative estimate of drug-likeness (QED) is 0.349. The molecule has 8 nitrogen and oxygen atoms in total. The van der Waals surface area contributed by atoms with Crippen molar-refractivity contribution < 1.29 is 14.2 Å². The highest BCUT2D eigenvalue weighted by Gasteiger charge is 2.49. The molecule has 2 bridgehead atoms. The van der Waals surface area contributed by atoms with E-state index < -0.39 is 12.3 Å². The normalized spacial score (nSPS) is 26.1. The van der Waals surface area contributed by atoms with Gasteiger partial charge in [-0.1, -0.05) is 6.07 Å². The molecule has 5 rings (SSSR count). The van der Waals surface area contributed by atoms with Gasteiger partial charge < -0.3 is 9.84 Å². The minimum atomic E-state index is -1.09. The van der Waals surface area contributed by atoms with E-state index in [-0.39, 0.29) is 23.7 Å². The first-order chi connectivity index (χ1) is 14.6. The maximum atomic E-state index is 14.9. The van der Waals surface area contributed by atoms with Gasteiger partial charge in [-0.3, -0.25) is 5.10 Å². The predicted molar refractivity (Wildman–Crippen MR) is 116 cm³/mol. The molecule has 2 fully saturated rings. The fourth-order valence-electron chi connectivity index (χ4n) is 4.37. The van der Waals surface area contributed by atoms with Crippen LogP contribution in [0.25, 0.3) is 22.4 Å². The van der Waals surface area contributed by atoms with E-state index in [0.29, 0.717) is 17.7 Å².